The summed E-state index contributed by atoms with van der Waals surface area (Å²) in [5, 5.41) is 3.09. The molecule has 1 aliphatic carbocycles. The van der Waals surface area contributed by atoms with Gasteiger partial charge in [0.15, 0.2) is 5.96 Å². The van der Waals surface area contributed by atoms with E-state index in [1.807, 2.05) is 13.0 Å². The molecule has 0 radical (unpaired) electrons. The summed E-state index contributed by atoms with van der Waals surface area (Å²) < 4.78 is 1.66. The third kappa shape index (κ3) is 3.09. The second-order valence-corrected chi connectivity index (χ2v) is 4.24. The van der Waals surface area contributed by atoms with Crippen molar-refractivity contribution in [2.75, 3.05) is 0 Å². The third-order valence-corrected chi connectivity index (χ3v) is 2.79. The summed E-state index contributed by atoms with van der Waals surface area (Å²) in [6.45, 7) is 2.95. The number of aliphatic imine (C=N–C) groups is 1. The minimum absolute atomic E-state index is 0.0120. The highest BCUT2D eigenvalue weighted by atomic mass is 16.1. The van der Waals surface area contributed by atoms with E-state index in [1.165, 1.54) is 0 Å². The van der Waals surface area contributed by atoms with Crippen LogP contribution in [0.3, 0.4) is 0 Å². The van der Waals surface area contributed by atoms with E-state index < -0.39 is 0 Å². The molecule has 0 aliphatic heterocycles. The highest BCUT2D eigenvalue weighted by molar-refractivity contribution is 5.78. The molecule has 0 aromatic carbocycles. The average molecular weight is 234 g/mol. The molecule has 1 heterocycles. The van der Waals surface area contributed by atoms with Crippen LogP contribution in [0.25, 0.3) is 0 Å². The molecule has 1 aromatic rings. The van der Waals surface area contributed by atoms with Crippen LogP contribution in [-0.4, -0.2) is 16.6 Å². The molecule has 5 heteroatoms. The number of aryl methyl sites for hydroxylation is 1. The smallest absolute Gasteiger partial charge is 0.255 e. The molecule has 0 atom stereocenters. The minimum Gasteiger partial charge on any atom is -0.370 e. The van der Waals surface area contributed by atoms with Crippen LogP contribution >= 0.6 is 0 Å². The maximum absolute atomic E-state index is 11.9. The minimum atomic E-state index is 0.0120. The lowest BCUT2D eigenvalue weighted by Gasteiger charge is -2.05. The van der Waals surface area contributed by atoms with E-state index in [0.29, 0.717) is 30.7 Å². The standard InChI is InChI=1S/C12H18N4O/c1-2-16-7-3-4-9(11(16)17)8-14-12(13)15-10-5-6-10/h3-4,7,10H,2,5-6,8H2,1H3,(H3,13,14,15). The van der Waals surface area contributed by atoms with E-state index in [-0.39, 0.29) is 5.56 Å². The summed E-state index contributed by atoms with van der Waals surface area (Å²) in [5.41, 5.74) is 6.40. The first-order valence-electron chi connectivity index (χ1n) is 5.95. The van der Waals surface area contributed by atoms with Crippen LogP contribution in [0, 0.1) is 0 Å². The van der Waals surface area contributed by atoms with E-state index in [2.05, 4.69) is 10.3 Å². The van der Waals surface area contributed by atoms with Crippen molar-refractivity contribution in [3.63, 3.8) is 0 Å². The lowest BCUT2D eigenvalue weighted by molar-refractivity contribution is 0.714. The highest BCUT2D eigenvalue weighted by Gasteiger charge is 2.21. The lowest BCUT2D eigenvalue weighted by Crippen LogP contribution is -2.33. The molecule has 2 rings (SSSR count). The first-order valence-corrected chi connectivity index (χ1v) is 5.95. The SMILES string of the molecule is CCn1cccc(CN=C(N)NC2CC2)c1=O. The van der Waals surface area contributed by atoms with Gasteiger partial charge in [-0.1, -0.05) is 6.07 Å². The Morgan fingerprint density at radius 3 is 3.06 bits per heavy atom. The van der Waals surface area contributed by atoms with Crippen LogP contribution in [0.4, 0.5) is 0 Å². The molecule has 0 unspecified atom stereocenters. The van der Waals surface area contributed by atoms with Gasteiger partial charge in [0, 0.05) is 24.3 Å². The molecule has 0 amide bonds. The molecule has 17 heavy (non-hydrogen) atoms. The van der Waals surface area contributed by atoms with Crippen LogP contribution in [0.1, 0.15) is 25.3 Å². The van der Waals surface area contributed by atoms with Gasteiger partial charge in [-0.05, 0) is 25.8 Å². The average Bonchev–Trinajstić information content (AvgIpc) is 3.11. The number of guanidine groups is 1. The molecular formula is C12H18N4O. The van der Waals surface area contributed by atoms with Gasteiger partial charge in [0.1, 0.15) is 0 Å². The van der Waals surface area contributed by atoms with Gasteiger partial charge in [0.2, 0.25) is 0 Å². The normalized spacial score (nSPS) is 15.9. The molecule has 92 valence electrons. The van der Waals surface area contributed by atoms with Crippen molar-refractivity contribution in [1.29, 1.82) is 0 Å². The molecule has 0 spiro atoms. The van der Waals surface area contributed by atoms with Crippen LogP contribution in [0.5, 0.6) is 0 Å². The number of nitrogens with two attached hydrogens (primary N) is 1. The molecule has 1 saturated carbocycles. The summed E-state index contributed by atoms with van der Waals surface area (Å²) in [5.74, 6) is 0.429. The number of nitrogens with one attached hydrogen (secondary N) is 1. The fourth-order valence-corrected chi connectivity index (χ4v) is 1.61. The number of pyridine rings is 1. The lowest BCUT2D eigenvalue weighted by atomic mass is 10.3. The van der Waals surface area contributed by atoms with Gasteiger partial charge >= 0.3 is 0 Å². The summed E-state index contributed by atoms with van der Waals surface area (Å²) in [7, 11) is 0. The molecule has 1 aromatic heterocycles. The number of aromatic nitrogens is 1. The van der Waals surface area contributed by atoms with Gasteiger partial charge in [-0.3, -0.25) is 4.79 Å². The molecule has 1 fully saturated rings. The quantitative estimate of drug-likeness (QED) is 0.586. The van der Waals surface area contributed by atoms with E-state index in [1.54, 1.807) is 16.8 Å². The molecule has 0 saturated heterocycles. The van der Waals surface area contributed by atoms with Gasteiger partial charge in [0.05, 0.1) is 6.54 Å². The monoisotopic (exact) mass is 234 g/mol. The van der Waals surface area contributed by atoms with Crippen molar-refractivity contribution in [3.05, 3.63) is 34.2 Å². The van der Waals surface area contributed by atoms with E-state index in [9.17, 15) is 4.79 Å². The van der Waals surface area contributed by atoms with Crippen LogP contribution in [0.2, 0.25) is 0 Å². The third-order valence-electron chi connectivity index (χ3n) is 2.79. The van der Waals surface area contributed by atoms with E-state index in [4.69, 9.17) is 5.73 Å². The highest BCUT2D eigenvalue weighted by Crippen LogP contribution is 2.17. The molecule has 0 bridgehead atoms. The fourth-order valence-electron chi connectivity index (χ4n) is 1.61. The Labute approximate surface area is 100 Å². The summed E-state index contributed by atoms with van der Waals surface area (Å²) in [4.78, 5) is 16.1. The predicted molar refractivity (Wildman–Crippen MR) is 67.9 cm³/mol. The predicted octanol–water partition coefficient (Wildman–Crippen LogP) is 0.435. The van der Waals surface area contributed by atoms with E-state index in [0.717, 1.165) is 12.8 Å². The van der Waals surface area contributed by atoms with Crippen molar-refractivity contribution < 1.29 is 0 Å². The Bertz CT molecular complexity index is 474. The number of nitrogens with zero attached hydrogens (tertiary/aromatic N) is 2. The second-order valence-electron chi connectivity index (χ2n) is 4.24. The van der Waals surface area contributed by atoms with Crippen LogP contribution < -0.4 is 16.6 Å². The number of hydrogen-bond acceptors (Lipinski definition) is 2. The summed E-state index contributed by atoms with van der Waals surface area (Å²) >= 11 is 0. The second kappa shape index (κ2) is 5.03. The van der Waals surface area contributed by atoms with Gasteiger partial charge in [-0.2, -0.15) is 0 Å². The van der Waals surface area contributed by atoms with Gasteiger partial charge in [0.25, 0.3) is 5.56 Å². The molecule has 1 aliphatic rings. The van der Waals surface area contributed by atoms with Gasteiger partial charge in [-0.25, -0.2) is 4.99 Å². The summed E-state index contributed by atoms with van der Waals surface area (Å²) in [6.07, 6.45) is 4.09. The number of rotatable bonds is 4. The fraction of sp³-hybridized carbons (Fsp3) is 0.500. The maximum Gasteiger partial charge on any atom is 0.255 e. The Hall–Kier alpha value is -1.78. The zero-order valence-corrected chi connectivity index (χ0v) is 10.0. The van der Waals surface area contributed by atoms with Crippen molar-refractivity contribution in [2.45, 2.75) is 38.9 Å². The van der Waals surface area contributed by atoms with Crippen molar-refractivity contribution in [3.8, 4) is 0 Å². The van der Waals surface area contributed by atoms with Crippen molar-refractivity contribution >= 4 is 5.96 Å². The van der Waals surface area contributed by atoms with Crippen molar-refractivity contribution in [2.24, 2.45) is 10.7 Å². The van der Waals surface area contributed by atoms with E-state index >= 15 is 0 Å². The zero-order chi connectivity index (χ0) is 12.3. The zero-order valence-electron chi connectivity index (χ0n) is 10.0. The molecule has 3 N–H and O–H groups in total. The maximum atomic E-state index is 11.9. The Morgan fingerprint density at radius 1 is 1.65 bits per heavy atom. The first-order chi connectivity index (χ1) is 8.20. The Kier molecular flexibility index (Phi) is 3.46. The van der Waals surface area contributed by atoms with Gasteiger partial charge < -0.3 is 15.6 Å². The Morgan fingerprint density at radius 2 is 2.41 bits per heavy atom. The van der Waals surface area contributed by atoms with Gasteiger partial charge in [-0.15, -0.1) is 0 Å². The largest absolute Gasteiger partial charge is 0.370 e. The number of hydrogen-bond donors (Lipinski definition) is 2. The van der Waals surface area contributed by atoms with Crippen molar-refractivity contribution in [1.82, 2.24) is 9.88 Å². The van der Waals surface area contributed by atoms with Crippen LogP contribution in [-0.2, 0) is 13.1 Å². The first kappa shape index (κ1) is 11.7. The Balaban J connectivity index is 2.05. The van der Waals surface area contributed by atoms with Crippen LogP contribution in [0.15, 0.2) is 28.1 Å². The molecule has 5 nitrogen and oxygen atoms in total. The topological polar surface area (TPSA) is 72.4 Å². The summed E-state index contributed by atoms with van der Waals surface area (Å²) in [6, 6.07) is 4.14. The molecular weight excluding hydrogens is 216 g/mol.